The van der Waals surface area contributed by atoms with Crippen molar-refractivity contribution >= 4 is 15.9 Å². The Kier molecular flexibility index (Phi) is 4.80. The van der Waals surface area contributed by atoms with E-state index in [9.17, 15) is 13.2 Å². The molecular weight excluding hydrogens is 333 g/mol. The second-order valence-corrected chi connectivity index (χ2v) is 5.15. The first-order chi connectivity index (χ1) is 9.52. The van der Waals surface area contributed by atoms with E-state index in [1.807, 2.05) is 0 Å². The normalized spacial score (nSPS) is 12.4. The minimum absolute atomic E-state index is 0.0209. The summed E-state index contributed by atoms with van der Waals surface area (Å²) >= 11 is 3.07. The van der Waals surface area contributed by atoms with E-state index in [1.165, 1.54) is 36.4 Å². The largest absolute Gasteiger partial charge is 0.271 e. The molecule has 0 aliphatic heterocycles. The molecule has 0 fully saturated rings. The van der Waals surface area contributed by atoms with Crippen LogP contribution in [0.1, 0.15) is 17.2 Å². The zero-order chi connectivity index (χ0) is 14.7. The van der Waals surface area contributed by atoms with Gasteiger partial charge in [-0.05, 0) is 52.2 Å². The molecule has 2 aromatic rings. The third-order valence-corrected chi connectivity index (χ3v) is 3.62. The molecule has 0 aromatic heterocycles. The summed E-state index contributed by atoms with van der Waals surface area (Å²) in [5.41, 5.74) is 3.06. The highest BCUT2D eigenvalue weighted by Crippen LogP contribution is 2.25. The van der Waals surface area contributed by atoms with Gasteiger partial charge in [-0.2, -0.15) is 0 Å². The molecule has 0 saturated carbocycles. The van der Waals surface area contributed by atoms with Crippen molar-refractivity contribution in [3.63, 3.8) is 0 Å². The van der Waals surface area contributed by atoms with Gasteiger partial charge in [-0.15, -0.1) is 0 Å². The molecule has 106 valence electrons. The Hall–Kier alpha value is -1.37. The van der Waals surface area contributed by atoms with Crippen molar-refractivity contribution in [1.29, 1.82) is 0 Å². The molecule has 2 nitrogen and oxygen atoms in total. The minimum Gasteiger partial charge on any atom is -0.271 e. The Balaban J connectivity index is 2.31. The molecule has 0 spiro atoms. The van der Waals surface area contributed by atoms with Crippen molar-refractivity contribution in [2.24, 2.45) is 5.84 Å². The second kappa shape index (κ2) is 6.39. The molecule has 20 heavy (non-hydrogen) atoms. The molecule has 2 rings (SSSR count). The highest BCUT2D eigenvalue weighted by Gasteiger charge is 2.17. The summed E-state index contributed by atoms with van der Waals surface area (Å²) in [5, 5.41) is 0. The van der Waals surface area contributed by atoms with Gasteiger partial charge >= 0.3 is 0 Å². The number of hydrogen-bond donors (Lipinski definition) is 2. The van der Waals surface area contributed by atoms with Crippen LogP contribution >= 0.6 is 15.9 Å². The van der Waals surface area contributed by atoms with Crippen LogP contribution in [0.4, 0.5) is 13.2 Å². The summed E-state index contributed by atoms with van der Waals surface area (Å²) in [7, 11) is 0. The maximum atomic E-state index is 13.6. The van der Waals surface area contributed by atoms with Crippen LogP contribution in [-0.2, 0) is 6.42 Å². The molecule has 0 aliphatic rings. The molecule has 3 N–H and O–H groups in total. The van der Waals surface area contributed by atoms with Gasteiger partial charge < -0.3 is 0 Å². The molecule has 1 unspecified atom stereocenters. The first-order valence-electron chi connectivity index (χ1n) is 5.87. The number of halogens is 4. The first-order valence-corrected chi connectivity index (χ1v) is 6.66. The molecular formula is C14H12BrF3N2. The molecule has 0 saturated heterocycles. The van der Waals surface area contributed by atoms with E-state index in [0.717, 1.165) is 0 Å². The van der Waals surface area contributed by atoms with E-state index in [1.54, 1.807) is 0 Å². The summed E-state index contributed by atoms with van der Waals surface area (Å²) in [4.78, 5) is 0. The van der Waals surface area contributed by atoms with Crippen LogP contribution in [-0.4, -0.2) is 0 Å². The summed E-state index contributed by atoms with van der Waals surface area (Å²) in [6.07, 6.45) is 0.0209. The van der Waals surface area contributed by atoms with E-state index in [4.69, 9.17) is 5.84 Å². The van der Waals surface area contributed by atoms with Gasteiger partial charge in [-0.1, -0.05) is 12.1 Å². The van der Waals surface area contributed by atoms with Gasteiger partial charge in [-0.3, -0.25) is 11.3 Å². The van der Waals surface area contributed by atoms with Gasteiger partial charge in [0.25, 0.3) is 0 Å². The van der Waals surface area contributed by atoms with Gasteiger partial charge in [0.1, 0.15) is 17.5 Å². The lowest BCUT2D eigenvalue weighted by molar-refractivity contribution is 0.499. The molecule has 0 radical (unpaired) electrons. The molecule has 2 aromatic carbocycles. The highest BCUT2D eigenvalue weighted by molar-refractivity contribution is 9.10. The second-order valence-electron chi connectivity index (χ2n) is 4.30. The zero-order valence-electron chi connectivity index (χ0n) is 10.3. The lowest BCUT2D eigenvalue weighted by atomic mass is 9.98. The Bertz CT molecular complexity index is 599. The lowest BCUT2D eigenvalue weighted by Gasteiger charge is -2.17. The fourth-order valence-electron chi connectivity index (χ4n) is 1.93. The first kappa shape index (κ1) is 15.0. The minimum atomic E-state index is -0.633. The monoisotopic (exact) mass is 344 g/mol. The molecule has 0 amide bonds. The number of hydrogen-bond acceptors (Lipinski definition) is 2. The van der Waals surface area contributed by atoms with Crippen molar-refractivity contribution in [3.8, 4) is 0 Å². The number of hydrazine groups is 1. The van der Waals surface area contributed by atoms with Gasteiger partial charge in [0.2, 0.25) is 0 Å². The number of nitrogens with two attached hydrogens (primary N) is 1. The van der Waals surface area contributed by atoms with E-state index >= 15 is 0 Å². The van der Waals surface area contributed by atoms with Crippen LogP contribution < -0.4 is 11.3 Å². The zero-order valence-corrected chi connectivity index (χ0v) is 11.9. The smallest absolute Gasteiger partial charge is 0.137 e. The van der Waals surface area contributed by atoms with Crippen LogP contribution in [0.5, 0.6) is 0 Å². The van der Waals surface area contributed by atoms with Gasteiger partial charge in [-0.25, -0.2) is 13.2 Å². The van der Waals surface area contributed by atoms with Crippen molar-refractivity contribution < 1.29 is 13.2 Å². The Morgan fingerprint density at radius 1 is 1.05 bits per heavy atom. The highest BCUT2D eigenvalue weighted by atomic mass is 79.9. The molecule has 0 bridgehead atoms. The maximum absolute atomic E-state index is 13.6. The summed E-state index contributed by atoms with van der Waals surface area (Å²) in [5.74, 6) is 3.76. The number of nitrogens with one attached hydrogen (secondary N) is 1. The van der Waals surface area contributed by atoms with E-state index < -0.39 is 23.5 Å². The lowest BCUT2D eigenvalue weighted by Crippen LogP contribution is -2.30. The summed E-state index contributed by atoms with van der Waals surface area (Å²) < 4.78 is 40.7. The maximum Gasteiger partial charge on any atom is 0.137 e. The van der Waals surface area contributed by atoms with Crippen LogP contribution in [0.3, 0.4) is 0 Å². The molecule has 0 aliphatic carbocycles. The van der Waals surface area contributed by atoms with Gasteiger partial charge in [0.05, 0.1) is 10.5 Å². The van der Waals surface area contributed by atoms with Crippen molar-refractivity contribution in [1.82, 2.24) is 5.43 Å². The number of rotatable bonds is 4. The summed E-state index contributed by atoms with van der Waals surface area (Å²) in [6, 6.07) is 7.45. The molecule has 0 heterocycles. The van der Waals surface area contributed by atoms with Crippen LogP contribution in [0.2, 0.25) is 0 Å². The molecule has 6 heteroatoms. The fraction of sp³-hybridized carbons (Fsp3) is 0.143. The van der Waals surface area contributed by atoms with Crippen molar-refractivity contribution in [3.05, 3.63) is 69.4 Å². The third kappa shape index (κ3) is 3.20. The fourth-order valence-corrected chi connectivity index (χ4v) is 2.33. The Labute approximate surface area is 122 Å². The summed E-state index contributed by atoms with van der Waals surface area (Å²) in [6.45, 7) is 0. The van der Waals surface area contributed by atoms with Gasteiger partial charge in [0.15, 0.2) is 0 Å². The predicted octanol–water partition coefficient (Wildman–Crippen LogP) is 3.61. The Morgan fingerprint density at radius 3 is 2.25 bits per heavy atom. The third-order valence-electron chi connectivity index (χ3n) is 3.02. The van der Waals surface area contributed by atoms with Crippen LogP contribution in [0, 0.1) is 17.5 Å². The SMILES string of the molecule is NNC(Cc1c(F)cccc1F)c1ccc(F)c(Br)c1. The predicted molar refractivity (Wildman–Crippen MR) is 74.2 cm³/mol. The standard InChI is InChI=1S/C14H12BrF3N2/c15-10-6-8(4-5-13(10)18)14(20-19)7-9-11(16)2-1-3-12(9)17/h1-6,14,20H,7,19H2. The van der Waals surface area contributed by atoms with Crippen LogP contribution in [0.25, 0.3) is 0 Å². The van der Waals surface area contributed by atoms with E-state index in [-0.39, 0.29) is 16.5 Å². The van der Waals surface area contributed by atoms with Crippen LogP contribution in [0.15, 0.2) is 40.9 Å². The molecule has 1 atom stereocenters. The van der Waals surface area contributed by atoms with E-state index in [2.05, 4.69) is 21.4 Å². The number of benzene rings is 2. The van der Waals surface area contributed by atoms with Crippen molar-refractivity contribution in [2.45, 2.75) is 12.5 Å². The average Bonchev–Trinajstić information content (AvgIpc) is 2.42. The Morgan fingerprint density at radius 2 is 1.70 bits per heavy atom. The van der Waals surface area contributed by atoms with Gasteiger partial charge in [0, 0.05) is 5.56 Å². The van der Waals surface area contributed by atoms with E-state index in [0.29, 0.717) is 5.56 Å². The topological polar surface area (TPSA) is 38.0 Å². The average molecular weight is 345 g/mol. The van der Waals surface area contributed by atoms with Crippen molar-refractivity contribution in [2.75, 3.05) is 0 Å². The quantitative estimate of drug-likeness (QED) is 0.656.